The number of para-hydroxylation sites is 1. The van der Waals surface area contributed by atoms with Crippen molar-refractivity contribution in [2.45, 2.75) is 6.92 Å². The molecular weight excluding hydrogens is 414 g/mol. The van der Waals surface area contributed by atoms with Gasteiger partial charge in [0.1, 0.15) is 0 Å². The predicted molar refractivity (Wildman–Crippen MR) is 118 cm³/mol. The fourth-order valence-corrected chi connectivity index (χ4v) is 2.84. The van der Waals surface area contributed by atoms with Crippen LogP contribution in [-0.4, -0.2) is 29.3 Å². The molecule has 0 spiro atoms. The Morgan fingerprint density at radius 3 is 2.34 bits per heavy atom. The van der Waals surface area contributed by atoms with Crippen LogP contribution < -0.4 is 10.6 Å². The number of carbonyl (C=O) groups is 3. The Morgan fingerprint density at radius 2 is 1.62 bits per heavy atom. The van der Waals surface area contributed by atoms with E-state index in [1.54, 1.807) is 55.5 Å². The lowest BCUT2D eigenvalue weighted by molar-refractivity contribution is -0.385. The Kier molecular flexibility index (Phi) is 6.92. The number of nitro groups is 1. The molecule has 0 atom stereocenters. The average Bonchev–Trinajstić information content (AvgIpc) is 2.79. The molecule has 3 aromatic carbocycles. The minimum Gasteiger partial charge on any atom is -0.452 e. The van der Waals surface area contributed by atoms with Gasteiger partial charge < -0.3 is 15.4 Å². The standard InChI is InChI=1S/C23H19N3O6/c1-15-11-12-17(13-20(15)26(30)31)24-21(27)14-32-23(29)18-9-5-6-10-19(18)25-22(28)16-7-3-2-4-8-16/h2-13H,14H2,1H3,(H,24,27)(H,25,28). The molecule has 0 saturated carbocycles. The monoisotopic (exact) mass is 433 g/mol. The number of amides is 2. The molecule has 0 bridgehead atoms. The van der Waals surface area contributed by atoms with Gasteiger partial charge in [-0.2, -0.15) is 0 Å². The minimum absolute atomic E-state index is 0.0792. The zero-order valence-corrected chi connectivity index (χ0v) is 17.0. The van der Waals surface area contributed by atoms with Gasteiger partial charge in [0, 0.05) is 22.9 Å². The molecule has 0 unspecified atom stereocenters. The van der Waals surface area contributed by atoms with Crippen LogP contribution in [0.2, 0.25) is 0 Å². The van der Waals surface area contributed by atoms with Gasteiger partial charge in [0.05, 0.1) is 16.2 Å². The second-order valence-corrected chi connectivity index (χ2v) is 6.75. The lowest BCUT2D eigenvalue weighted by Crippen LogP contribution is -2.22. The van der Waals surface area contributed by atoms with Crippen LogP contribution in [-0.2, 0) is 9.53 Å². The van der Waals surface area contributed by atoms with Crippen molar-refractivity contribution in [1.29, 1.82) is 0 Å². The van der Waals surface area contributed by atoms with E-state index >= 15 is 0 Å². The fraction of sp³-hybridized carbons (Fsp3) is 0.0870. The van der Waals surface area contributed by atoms with Crippen LogP contribution in [0.4, 0.5) is 17.1 Å². The first kappa shape index (κ1) is 22.2. The average molecular weight is 433 g/mol. The summed E-state index contributed by atoms with van der Waals surface area (Å²) in [6.45, 7) is 0.973. The summed E-state index contributed by atoms with van der Waals surface area (Å²) >= 11 is 0. The highest BCUT2D eigenvalue weighted by Gasteiger charge is 2.17. The van der Waals surface area contributed by atoms with E-state index in [9.17, 15) is 24.5 Å². The number of aryl methyl sites for hydroxylation is 1. The summed E-state index contributed by atoms with van der Waals surface area (Å²) < 4.78 is 5.06. The number of hydrogen-bond acceptors (Lipinski definition) is 6. The van der Waals surface area contributed by atoms with Crippen molar-refractivity contribution in [3.05, 3.63) is 99.6 Å². The molecule has 0 radical (unpaired) electrons. The molecule has 9 heteroatoms. The first-order chi connectivity index (χ1) is 15.3. The van der Waals surface area contributed by atoms with E-state index in [2.05, 4.69) is 10.6 Å². The van der Waals surface area contributed by atoms with Gasteiger partial charge in [0.2, 0.25) is 0 Å². The van der Waals surface area contributed by atoms with Crippen LogP contribution >= 0.6 is 0 Å². The molecule has 0 aliphatic rings. The quantitative estimate of drug-likeness (QED) is 0.330. The van der Waals surface area contributed by atoms with Crippen LogP contribution in [0.5, 0.6) is 0 Å². The molecule has 0 heterocycles. The lowest BCUT2D eigenvalue weighted by atomic mass is 10.1. The van der Waals surface area contributed by atoms with Crippen LogP contribution in [0.25, 0.3) is 0 Å². The molecule has 162 valence electrons. The van der Waals surface area contributed by atoms with Gasteiger partial charge in [-0.3, -0.25) is 19.7 Å². The normalized spacial score (nSPS) is 10.2. The number of rotatable bonds is 7. The number of nitrogens with one attached hydrogen (secondary N) is 2. The van der Waals surface area contributed by atoms with Crippen LogP contribution in [0.3, 0.4) is 0 Å². The largest absolute Gasteiger partial charge is 0.452 e. The number of carbonyl (C=O) groups excluding carboxylic acids is 3. The predicted octanol–water partition coefficient (Wildman–Crippen LogP) is 3.95. The molecular formula is C23H19N3O6. The van der Waals surface area contributed by atoms with Crippen molar-refractivity contribution in [3.8, 4) is 0 Å². The summed E-state index contributed by atoms with van der Waals surface area (Å²) in [5.41, 5.74) is 1.26. The molecule has 0 aliphatic carbocycles. The van der Waals surface area contributed by atoms with E-state index in [1.165, 1.54) is 24.3 Å². The van der Waals surface area contributed by atoms with Gasteiger partial charge in [-0.05, 0) is 37.3 Å². The van der Waals surface area contributed by atoms with E-state index in [4.69, 9.17) is 4.74 Å². The number of hydrogen-bond donors (Lipinski definition) is 2. The van der Waals surface area contributed by atoms with Crippen molar-refractivity contribution in [3.63, 3.8) is 0 Å². The Balaban J connectivity index is 1.63. The SMILES string of the molecule is Cc1ccc(NC(=O)COC(=O)c2ccccc2NC(=O)c2ccccc2)cc1[N+](=O)[O-]. The Morgan fingerprint density at radius 1 is 0.938 bits per heavy atom. The summed E-state index contributed by atoms with van der Waals surface area (Å²) in [6.07, 6.45) is 0. The summed E-state index contributed by atoms with van der Waals surface area (Å²) in [6, 6.07) is 19.0. The smallest absolute Gasteiger partial charge is 0.340 e. The number of anilines is 2. The van der Waals surface area contributed by atoms with Crippen LogP contribution in [0.1, 0.15) is 26.3 Å². The molecule has 0 aliphatic heterocycles. The van der Waals surface area contributed by atoms with E-state index in [-0.39, 0.29) is 22.6 Å². The highest BCUT2D eigenvalue weighted by Crippen LogP contribution is 2.22. The number of nitro benzene ring substituents is 1. The molecule has 9 nitrogen and oxygen atoms in total. The van der Waals surface area contributed by atoms with E-state index < -0.39 is 29.3 Å². The van der Waals surface area contributed by atoms with Crippen molar-refractivity contribution in [2.24, 2.45) is 0 Å². The molecule has 32 heavy (non-hydrogen) atoms. The van der Waals surface area contributed by atoms with Gasteiger partial charge in [0.25, 0.3) is 17.5 Å². The van der Waals surface area contributed by atoms with Gasteiger partial charge in [-0.25, -0.2) is 4.79 Å². The maximum absolute atomic E-state index is 12.5. The fourth-order valence-electron chi connectivity index (χ4n) is 2.84. The summed E-state index contributed by atoms with van der Waals surface area (Å²) in [5, 5.41) is 16.1. The summed E-state index contributed by atoms with van der Waals surface area (Å²) in [4.78, 5) is 47.5. The molecule has 3 aromatic rings. The molecule has 2 amide bonds. The first-order valence-corrected chi connectivity index (χ1v) is 9.52. The highest BCUT2D eigenvalue weighted by atomic mass is 16.6. The Bertz CT molecular complexity index is 1180. The third-order valence-electron chi connectivity index (χ3n) is 4.46. The summed E-state index contributed by atoms with van der Waals surface area (Å²) in [7, 11) is 0. The number of esters is 1. The van der Waals surface area contributed by atoms with Crippen molar-refractivity contribution in [2.75, 3.05) is 17.2 Å². The zero-order valence-electron chi connectivity index (χ0n) is 17.0. The third-order valence-corrected chi connectivity index (χ3v) is 4.46. The summed E-state index contributed by atoms with van der Waals surface area (Å²) in [5.74, 6) is -1.87. The van der Waals surface area contributed by atoms with E-state index in [1.807, 2.05) is 0 Å². The zero-order chi connectivity index (χ0) is 23.1. The highest BCUT2D eigenvalue weighted by molar-refractivity contribution is 6.08. The van der Waals surface area contributed by atoms with Crippen molar-refractivity contribution in [1.82, 2.24) is 0 Å². The molecule has 0 fully saturated rings. The maximum Gasteiger partial charge on any atom is 0.340 e. The van der Waals surface area contributed by atoms with Crippen LogP contribution in [0, 0.1) is 17.0 Å². The first-order valence-electron chi connectivity index (χ1n) is 9.52. The maximum atomic E-state index is 12.5. The molecule has 0 saturated heterocycles. The second kappa shape index (κ2) is 9.98. The van der Waals surface area contributed by atoms with Gasteiger partial charge in [0.15, 0.2) is 6.61 Å². The number of nitrogens with zero attached hydrogens (tertiary/aromatic N) is 1. The molecule has 0 aromatic heterocycles. The minimum atomic E-state index is -0.806. The third kappa shape index (κ3) is 5.54. The Hall–Kier alpha value is -4.53. The van der Waals surface area contributed by atoms with E-state index in [0.29, 0.717) is 11.1 Å². The number of benzene rings is 3. The van der Waals surface area contributed by atoms with Crippen molar-refractivity contribution < 1.29 is 24.0 Å². The lowest BCUT2D eigenvalue weighted by Gasteiger charge is -2.11. The topological polar surface area (TPSA) is 128 Å². The number of ether oxygens (including phenoxy) is 1. The molecule has 3 rings (SSSR count). The van der Waals surface area contributed by atoms with Gasteiger partial charge in [-0.1, -0.05) is 36.4 Å². The van der Waals surface area contributed by atoms with E-state index in [0.717, 1.165) is 0 Å². The van der Waals surface area contributed by atoms with Gasteiger partial charge >= 0.3 is 5.97 Å². The van der Waals surface area contributed by atoms with Crippen molar-refractivity contribution >= 4 is 34.8 Å². The van der Waals surface area contributed by atoms with Crippen LogP contribution in [0.15, 0.2) is 72.8 Å². The second-order valence-electron chi connectivity index (χ2n) is 6.75. The molecule has 2 N–H and O–H groups in total. The Labute approximate surface area is 183 Å². The van der Waals surface area contributed by atoms with Gasteiger partial charge in [-0.15, -0.1) is 0 Å².